The van der Waals surface area contributed by atoms with Crippen LogP contribution in [0, 0.1) is 0 Å². The lowest BCUT2D eigenvalue weighted by Gasteiger charge is -2.35. The Morgan fingerprint density at radius 3 is 1.77 bits per heavy atom. The number of carbonyl (C=O) groups excluding carboxylic acids is 2. The fourth-order valence-electron chi connectivity index (χ4n) is 3.78. The summed E-state index contributed by atoms with van der Waals surface area (Å²) in [6.07, 6.45) is -3.31. The van der Waals surface area contributed by atoms with Gasteiger partial charge in [0.05, 0.1) is 19.9 Å². The molecule has 184 valence electrons. The first kappa shape index (κ1) is 24.1. The molecular weight excluding hydrogens is 465 g/mol. The lowest BCUT2D eigenvalue weighted by molar-refractivity contribution is -0.141. The Kier molecular flexibility index (Phi) is 6.68. The van der Waals surface area contributed by atoms with E-state index < -0.39 is 11.9 Å². The number of carbonyl (C=O) groups is 2. The molecule has 0 N–H and O–H groups in total. The van der Waals surface area contributed by atoms with Crippen LogP contribution in [-0.2, 0) is 6.18 Å². The minimum Gasteiger partial charge on any atom is -0.497 e. The molecule has 1 aliphatic rings. The highest BCUT2D eigenvalue weighted by atomic mass is 19.4. The number of hydrogen-bond acceptors (Lipinski definition) is 5. The lowest BCUT2D eigenvalue weighted by atomic mass is 10.1. The third-order valence-corrected chi connectivity index (χ3v) is 5.71. The smallest absolute Gasteiger partial charge is 0.435 e. The highest BCUT2D eigenvalue weighted by molar-refractivity contribution is 5.96. The summed E-state index contributed by atoms with van der Waals surface area (Å²) in [4.78, 5) is 29.2. The van der Waals surface area contributed by atoms with Gasteiger partial charge in [-0.05, 0) is 42.5 Å². The minimum absolute atomic E-state index is 0.184. The maximum atomic E-state index is 13.0. The predicted molar refractivity (Wildman–Crippen MR) is 120 cm³/mol. The molecule has 2 amide bonds. The molecule has 0 bridgehead atoms. The summed E-state index contributed by atoms with van der Waals surface area (Å²) in [6, 6.07) is 12.0. The molecule has 8 nitrogen and oxygen atoms in total. The summed E-state index contributed by atoms with van der Waals surface area (Å²) < 4.78 is 49.9. The van der Waals surface area contributed by atoms with E-state index in [-0.39, 0.29) is 11.8 Å². The van der Waals surface area contributed by atoms with Crippen LogP contribution in [0.15, 0.2) is 54.7 Å². The Morgan fingerprint density at radius 1 is 0.800 bits per heavy atom. The van der Waals surface area contributed by atoms with E-state index in [1.807, 2.05) is 0 Å². The van der Waals surface area contributed by atoms with Gasteiger partial charge in [0.2, 0.25) is 0 Å². The molecule has 1 saturated heterocycles. The topological polar surface area (TPSA) is 76.9 Å². The van der Waals surface area contributed by atoms with Crippen LogP contribution in [0.5, 0.6) is 11.5 Å². The molecule has 2 heterocycles. The van der Waals surface area contributed by atoms with Gasteiger partial charge in [0.1, 0.15) is 11.5 Å². The van der Waals surface area contributed by atoms with Crippen LogP contribution >= 0.6 is 0 Å². The third-order valence-electron chi connectivity index (χ3n) is 5.71. The van der Waals surface area contributed by atoms with E-state index in [9.17, 15) is 22.8 Å². The number of amides is 2. The van der Waals surface area contributed by atoms with Crippen molar-refractivity contribution in [2.45, 2.75) is 6.18 Å². The van der Waals surface area contributed by atoms with Crippen molar-refractivity contribution in [2.75, 3.05) is 40.4 Å². The van der Waals surface area contributed by atoms with Gasteiger partial charge in [-0.2, -0.15) is 18.3 Å². The molecule has 1 aromatic heterocycles. The number of rotatable bonds is 5. The van der Waals surface area contributed by atoms with Gasteiger partial charge < -0.3 is 19.3 Å². The highest BCUT2D eigenvalue weighted by Crippen LogP contribution is 2.28. The van der Waals surface area contributed by atoms with Gasteiger partial charge >= 0.3 is 6.18 Å². The standard InChI is InChI=1S/C24H23F3N4O4/c1-34-19-13-17(14-20(15-19)35-2)23(33)30-11-9-29(10-12-30)22(32)16-3-5-18(6-4-16)31-8-7-21(28-31)24(25,26)27/h3-8,13-15H,9-12H2,1-2H3. The number of benzene rings is 2. The number of ether oxygens (including phenoxy) is 2. The van der Waals surface area contributed by atoms with Gasteiger partial charge in [0.25, 0.3) is 11.8 Å². The minimum atomic E-state index is -4.52. The maximum absolute atomic E-state index is 13.0. The van der Waals surface area contributed by atoms with Gasteiger partial charge in [-0.3, -0.25) is 9.59 Å². The number of hydrogen-bond donors (Lipinski definition) is 0. The quantitative estimate of drug-likeness (QED) is 0.550. The molecule has 0 aliphatic carbocycles. The van der Waals surface area contributed by atoms with E-state index in [0.29, 0.717) is 54.5 Å². The van der Waals surface area contributed by atoms with Gasteiger partial charge in [-0.15, -0.1) is 0 Å². The van der Waals surface area contributed by atoms with Crippen molar-refractivity contribution < 1.29 is 32.2 Å². The van der Waals surface area contributed by atoms with Crippen LogP contribution in [0.1, 0.15) is 26.4 Å². The maximum Gasteiger partial charge on any atom is 0.435 e. The molecule has 0 spiro atoms. The molecule has 2 aromatic carbocycles. The molecule has 11 heteroatoms. The first-order chi connectivity index (χ1) is 16.7. The molecule has 0 unspecified atom stereocenters. The normalized spacial score (nSPS) is 14.1. The third kappa shape index (κ3) is 5.23. The van der Waals surface area contributed by atoms with E-state index in [1.165, 1.54) is 32.5 Å². The van der Waals surface area contributed by atoms with E-state index in [1.54, 1.807) is 40.1 Å². The molecule has 1 aliphatic heterocycles. The highest BCUT2D eigenvalue weighted by Gasteiger charge is 2.33. The number of methoxy groups -OCH3 is 2. The van der Waals surface area contributed by atoms with Crippen molar-refractivity contribution in [1.82, 2.24) is 19.6 Å². The Bertz CT molecular complexity index is 1190. The molecule has 0 radical (unpaired) electrons. The van der Waals surface area contributed by atoms with E-state index >= 15 is 0 Å². The van der Waals surface area contributed by atoms with E-state index in [2.05, 4.69) is 5.10 Å². The average Bonchev–Trinajstić information content (AvgIpc) is 3.39. The SMILES string of the molecule is COc1cc(OC)cc(C(=O)N2CCN(C(=O)c3ccc(-n4ccc(C(F)(F)F)n4)cc3)CC2)c1. The fraction of sp³-hybridized carbons (Fsp3) is 0.292. The Balaban J connectivity index is 1.38. The average molecular weight is 488 g/mol. The van der Waals surface area contributed by atoms with Crippen LogP contribution in [0.2, 0.25) is 0 Å². The summed E-state index contributed by atoms with van der Waals surface area (Å²) in [5, 5.41) is 3.53. The second kappa shape index (κ2) is 9.69. The van der Waals surface area contributed by atoms with Crippen molar-refractivity contribution >= 4 is 11.8 Å². The van der Waals surface area contributed by atoms with Crippen LogP contribution in [0.25, 0.3) is 5.69 Å². The number of nitrogens with zero attached hydrogens (tertiary/aromatic N) is 4. The van der Waals surface area contributed by atoms with Gasteiger partial charge in [-0.25, -0.2) is 4.68 Å². The second-order valence-corrected chi connectivity index (χ2v) is 7.88. The van der Waals surface area contributed by atoms with Crippen LogP contribution in [0.4, 0.5) is 13.2 Å². The Hall–Kier alpha value is -4.02. The largest absolute Gasteiger partial charge is 0.497 e. The first-order valence-electron chi connectivity index (χ1n) is 10.7. The zero-order valence-corrected chi connectivity index (χ0v) is 19.1. The van der Waals surface area contributed by atoms with Crippen molar-refractivity contribution in [3.8, 4) is 17.2 Å². The second-order valence-electron chi connectivity index (χ2n) is 7.88. The summed E-state index contributed by atoms with van der Waals surface area (Å²) in [7, 11) is 3.02. The molecule has 35 heavy (non-hydrogen) atoms. The number of alkyl halides is 3. The zero-order valence-electron chi connectivity index (χ0n) is 19.1. The Labute approximate surface area is 199 Å². The van der Waals surface area contributed by atoms with E-state index in [4.69, 9.17) is 9.47 Å². The Morgan fingerprint density at radius 2 is 1.31 bits per heavy atom. The van der Waals surface area contributed by atoms with Gasteiger partial charge in [0, 0.05) is 49.6 Å². The lowest BCUT2D eigenvalue weighted by Crippen LogP contribution is -2.50. The summed E-state index contributed by atoms with van der Waals surface area (Å²) in [5.41, 5.74) is 0.247. The molecule has 1 fully saturated rings. The van der Waals surface area contributed by atoms with Crippen molar-refractivity contribution in [2.24, 2.45) is 0 Å². The van der Waals surface area contributed by atoms with Crippen LogP contribution in [-0.4, -0.2) is 71.8 Å². The van der Waals surface area contributed by atoms with Gasteiger partial charge in [0.15, 0.2) is 5.69 Å². The van der Waals surface area contributed by atoms with E-state index in [0.717, 1.165) is 10.7 Å². The molecule has 0 atom stereocenters. The van der Waals surface area contributed by atoms with Crippen LogP contribution < -0.4 is 9.47 Å². The summed E-state index contributed by atoms with van der Waals surface area (Å²) >= 11 is 0. The van der Waals surface area contributed by atoms with Crippen molar-refractivity contribution in [1.29, 1.82) is 0 Å². The van der Waals surface area contributed by atoms with Crippen molar-refractivity contribution in [3.05, 3.63) is 71.5 Å². The number of halogens is 3. The first-order valence-corrected chi connectivity index (χ1v) is 10.7. The molecule has 4 rings (SSSR count). The summed E-state index contributed by atoms with van der Waals surface area (Å²) in [6.45, 7) is 1.41. The monoisotopic (exact) mass is 488 g/mol. The van der Waals surface area contributed by atoms with Crippen molar-refractivity contribution in [3.63, 3.8) is 0 Å². The van der Waals surface area contributed by atoms with Crippen LogP contribution in [0.3, 0.4) is 0 Å². The molecular formula is C24H23F3N4O4. The molecule has 0 saturated carbocycles. The fourth-order valence-corrected chi connectivity index (χ4v) is 3.78. The van der Waals surface area contributed by atoms with Gasteiger partial charge in [-0.1, -0.05) is 0 Å². The predicted octanol–water partition coefficient (Wildman–Crippen LogP) is 3.51. The number of piperazine rings is 1. The summed E-state index contributed by atoms with van der Waals surface area (Å²) in [5.74, 6) is 0.614. The number of aromatic nitrogens is 2. The zero-order chi connectivity index (χ0) is 25.2. The molecule has 3 aromatic rings.